The van der Waals surface area contributed by atoms with E-state index < -0.39 is 24.4 Å². The second kappa shape index (κ2) is 7.56. The van der Waals surface area contributed by atoms with Crippen LogP contribution in [-0.4, -0.2) is 37.6 Å². The first-order valence-corrected chi connectivity index (χ1v) is 8.74. The number of hydrogen-bond acceptors (Lipinski definition) is 7. The number of hydrogen-bond donors (Lipinski definition) is 2. The quantitative estimate of drug-likeness (QED) is 0.754. The Morgan fingerprint density at radius 1 is 1.24 bits per heavy atom. The highest BCUT2D eigenvalue weighted by atomic mass is 32.1. The van der Waals surface area contributed by atoms with Crippen molar-refractivity contribution in [2.24, 2.45) is 5.73 Å². The van der Waals surface area contributed by atoms with Crippen molar-refractivity contribution < 1.29 is 28.6 Å². The van der Waals surface area contributed by atoms with Gasteiger partial charge in [0.1, 0.15) is 24.5 Å². The number of carbonyl (C=O) groups is 3. The number of ether oxygens (including phenoxy) is 3. The van der Waals surface area contributed by atoms with Gasteiger partial charge in [-0.05, 0) is 31.2 Å². The highest BCUT2D eigenvalue weighted by Gasteiger charge is 2.25. The summed E-state index contributed by atoms with van der Waals surface area (Å²) in [6.45, 7) is 0.104. The zero-order chi connectivity index (χ0) is 17.8. The first-order chi connectivity index (χ1) is 12.1. The molecule has 0 atom stereocenters. The van der Waals surface area contributed by atoms with Gasteiger partial charge in [-0.15, -0.1) is 11.3 Å². The highest BCUT2D eigenvalue weighted by molar-refractivity contribution is 7.17. The van der Waals surface area contributed by atoms with Gasteiger partial charge < -0.3 is 25.3 Å². The molecule has 0 fully saturated rings. The van der Waals surface area contributed by atoms with Crippen LogP contribution in [0, 0.1) is 0 Å². The van der Waals surface area contributed by atoms with E-state index in [1.165, 1.54) is 11.3 Å². The lowest BCUT2D eigenvalue weighted by atomic mass is 9.95. The number of aryl methyl sites for hydroxylation is 1. The molecule has 25 heavy (non-hydrogen) atoms. The lowest BCUT2D eigenvalue weighted by molar-refractivity contribution is -0.148. The zero-order valence-electron chi connectivity index (χ0n) is 13.5. The molecule has 0 spiro atoms. The van der Waals surface area contributed by atoms with Gasteiger partial charge in [0, 0.05) is 4.88 Å². The Kier molecular flexibility index (Phi) is 5.22. The molecule has 1 aliphatic carbocycles. The van der Waals surface area contributed by atoms with Gasteiger partial charge in [-0.2, -0.15) is 0 Å². The third kappa shape index (κ3) is 3.93. The second-order valence-corrected chi connectivity index (χ2v) is 6.71. The van der Waals surface area contributed by atoms with E-state index in [1.807, 2.05) is 0 Å². The summed E-state index contributed by atoms with van der Waals surface area (Å²) in [6, 6.07) is 0. The van der Waals surface area contributed by atoms with E-state index >= 15 is 0 Å². The van der Waals surface area contributed by atoms with Crippen molar-refractivity contribution in [3.05, 3.63) is 28.0 Å². The second-order valence-electron chi connectivity index (χ2n) is 5.60. The van der Waals surface area contributed by atoms with Gasteiger partial charge in [0.15, 0.2) is 6.61 Å². The molecule has 1 aliphatic heterocycles. The molecule has 8 nitrogen and oxygen atoms in total. The predicted octanol–water partition coefficient (Wildman–Crippen LogP) is 1.10. The van der Waals surface area contributed by atoms with Crippen molar-refractivity contribution in [1.29, 1.82) is 0 Å². The Balaban J connectivity index is 1.63. The number of nitrogens with two attached hydrogens (primary N) is 1. The molecule has 0 unspecified atom stereocenters. The van der Waals surface area contributed by atoms with Gasteiger partial charge in [0.25, 0.3) is 11.8 Å². The molecular weight excluding hydrogens is 348 g/mol. The van der Waals surface area contributed by atoms with Crippen LogP contribution in [0.1, 0.15) is 33.6 Å². The number of nitrogens with one attached hydrogen (secondary N) is 1. The molecule has 0 saturated heterocycles. The first kappa shape index (κ1) is 17.3. The molecule has 1 aromatic heterocycles. The maximum Gasteiger partial charge on any atom is 0.377 e. The Morgan fingerprint density at radius 2 is 2.04 bits per heavy atom. The number of amides is 2. The molecular formula is C16H18N2O6S. The minimum Gasteiger partial charge on any atom is -0.493 e. The molecule has 2 heterocycles. The minimum absolute atomic E-state index is 0.0801. The number of carbonyl (C=O) groups excluding carboxylic acids is 3. The monoisotopic (exact) mass is 366 g/mol. The van der Waals surface area contributed by atoms with Crippen molar-refractivity contribution in [1.82, 2.24) is 0 Å². The topological polar surface area (TPSA) is 117 Å². The summed E-state index contributed by atoms with van der Waals surface area (Å²) >= 11 is 1.35. The van der Waals surface area contributed by atoms with Crippen molar-refractivity contribution in [3.8, 4) is 0 Å². The third-order valence-electron chi connectivity index (χ3n) is 3.86. The average Bonchev–Trinajstić information content (AvgIpc) is 2.98. The van der Waals surface area contributed by atoms with Gasteiger partial charge in [-0.1, -0.05) is 0 Å². The van der Waals surface area contributed by atoms with Crippen LogP contribution in [0.5, 0.6) is 0 Å². The molecule has 134 valence electrons. The van der Waals surface area contributed by atoms with E-state index in [2.05, 4.69) is 5.32 Å². The Hall–Kier alpha value is -2.55. The summed E-state index contributed by atoms with van der Waals surface area (Å²) < 4.78 is 14.9. The number of esters is 1. The van der Waals surface area contributed by atoms with Crippen LogP contribution in [0.25, 0.3) is 0 Å². The lowest BCUT2D eigenvalue weighted by Gasteiger charge is -2.14. The normalized spacial score (nSPS) is 15.9. The molecule has 9 heteroatoms. The highest BCUT2D eigenvalue weighted by Crippen LogP contribution is 2.37. The number of thiophene rings is 1. The maximum atomic E-state index is 12.1. The molecule has 2 amide bonds. The Morgan fingerprint density at radius 3 is 2.76 bits per heavy atom. The van der Waals surface area contributed by atoms with Crippen molar-refractivity contribution in [2.45, 2.75) is 25.7 Å². The van der Waals surface area contributed by atoms with Gasteiger partial charge in [0.05, 0.1) is 5.56 Å². The number of anilines is 1. The third-order valence-corrected chi connectivity index (χ3v) is 5.06. The predicted molar refractivity (Wildman–Crippen MR) is 89.1 cm³/mol. The fourth-order valence-corrected chi connectivity index (χ4v) is 4.07. The molecule has 0 aromatic carbocycles. The minimum atomic E-state index is -0.782. The van der Waals surface area contributed by atoms with Gasteiger partial charge in [-0.3, -0.25) is 9.59 Å². The summed E-state index contributed by atoms with van der Waals surface area (Å²) in [7, 11) is 0. The molecule has 2 aliphatic rings. The van der Waals surface area contributed by atoms with E-state index in [4.69, 9.17) is 19.9 Å². The van der Waals surface area contributed by atoms with Gasteiger partial charge >= 0.3 is 5.97 Å². The molecule has 0 bridgehead atoms. The SMILES string of the molecule is NC(=O)c1c(NC(=O)COC(=O)C2=COCCO2)sc2c1CCCC2. The fourth-order valence-electron chi connectivity index (χ4n) is 2.75. The largest absolute Gasteiger partial charge is 0.493 e. The Labute approximate surface area is 147 Å². The summed E-state index contributed by atoms with van der Waals surface area (Å²) in [5, 5.41) is 3.03. The van der Waals surface area contributed by atoms with E-state index in [9.17, 15) is 14.4 Å². The van der Waals surface area contributed by atoms with Crippen LogP contribution in [0.4, 0.5) is 5.00 Å². The van der Waals surface area contributed by atoms with Crippen LogP contribution in [-0.2, 0) is 36.6 Å². The summed E-state index contributed by atoms with van der Waals surface area (Å²) in [5.74, 6) is -1.98. The fraction of sp³-hybridized carbons (Fsp3) is 0.438. The molecule has 0 saturated carbocycles. The van der Waals surface area contributed by atoms with Crippen LogP contribution >= 0.6 is 11.3 Å². The Bertz CT molecular complexity index is 739. The smallest absolute Gasteiger partial charge is 0.377 e. The number of rotatable bonds is 5. The number of fused-ring (bicyclic) bond motifs is 1. The van der Waals surface area contributed by atoms with Crippen LogP contribution in [0.15, 0.2) is 12.0 Å². The van der Waals surface area contributed by atoms with Gasteiger partial charge in [-0.25, -0.2) is 4.79 Å². The zero-order valence-corrected chi connectivity index (χ0v) is 14.3. The van der Waals surface area contributed by atoms with Crippen molar-refractivity contribution in [2.75, 3.05) is 25.1 Å². The average molecular weight is 366 g/mol. The molecule has 1 aromatic rings. The molecule has 3 N–H and O–H groups in total. The number of primary amides is 1. The van der Waals surface area contributed by atoms with Crippen molar-refractivity contribution >= 4 is 34.1 Å². The van der Waals surface area contributed by atoms with E-state index in [-0.39, 0.29) is 12.4 Å². The molecule has 0 radical (unpaired) electrons. The lowest BCUT2D eigenvalue weighted by Crippen LogP contribution is -2.24. The van der Waals surface area contributed by atoms with Gasteiger partial charge in [0.2, 0.25) is 5.76 Å². The summed E-state index contributed by atoms with van der Waals surface area (Å²) in [5.41, 5.74) is 6.76. The van der Waals surface area contributed by atoms with Crippen LogP contribution in [0.2, 0.25) is 0 Å². The van der Waals surface area contributed by atoms with Crippen LogP contribution < -0.4 is 11.1 Å². The van der Waals surface area contributed by atoms with E-state index in [1.54, 1.807) is 0 Å². The first-order valence-electron chi connectivity index (χ1n) is 7.92. The van der Waals surface area contributed by atoms with E-state index in [0.29, 0.717) is 17.2 Å². The summed E-state index contributed by atoms with van der Waals surface area (Å²) in [6.07, 6.45) is 4.85. The van der Waals surface area contributed by atoms with E-state index in [0.717, 1.165) is 42.4 Å². The maximum absolute atomic E-state index is 12.1. The van der Waals surface area contributed by atoms with Crippen molar-refractivity contribution in [3.63, 3.8) is 0 Å². The van der Waals surface area contributed by atoms with Crippen LogP contribution in [0.3, 0.4) is 0 Å². The molecule has 3 rings (SSSR count). The standard InChI is InChI=1S/C16H18N2O6S/c17-14(20)13-9-3-1-2-4-11(9)25-15(13)18-12(19)8-24-16(21)10-7-22-5-6-23-10/h7H,1-6,8H2,(H2,17,20)(H,18,19). The summed E-state index contributed by atoms with van der Waals surface area (Å²) in [4.78, 5) is 36.6.